The van der Waals surface area contributed by atoms with E-state index >= 15 is 0 Å². The normalized spacial score (nSPS) is 13.3. The van der Waals surface area contributed by atoms with Gasteiger partial charge < -0.3 is 15.5 Å². The molecule has 6 nitrogen and oxygen atoms in total. The van der Waals surface area contributed by atoms with Crippen molar-refractivity contribution in [2.75, 3.05) is 32.9 Å². The van der Waals surface area contributed by atoms with Gasteiger partial charge in [0.1, 0.15) is 6.04 Å². The number of hydrogen-bond donors (Lipinski definition) is 2. The van der Waals surface area contributed by atoms with Crippen LogP contribution >= 0.6 is 11.8 Å². The molecule has 0 aromatic carbocycles. The molecule has 3 atom stereocenters. The number of hydrogen-bond acceptors (Lipinski definition) is 5. The topological polar surface area (TPSA) is 78.5 Å². The predicted molar refractivity (Wildman–Crippen MR) is 225 cm³/mol. The number of carbonyl (C=O) groups excluding carboxylic acids is 3. The molecule has 0 rings (SSSR count). The maximum absolute atomic E-state index is 13.9. The quantitative estimate of drug-likeness (QED) is 0.0617. The van der Waals surface area contributed by atoms with Crippen molar-refractivity contribution in [1.82, 2.24) is 15.5 Å². The van der Waals surface area contributed by atoms with E-state index in [2.05, 4.69) is 38.3 Å². The summed E-state index contributed by atoms with van der Waals surface area (Å²) in [4.78, 5) is 42.9. The van der Waals surface area contributed by atoms with Crippen molar-refractivity contribution < 1.29 is 14.4 Å². The fourth-order valence-corrected chi connectivity index (χ4v) is 7.98. The highest BCUT2D eigenvalue weighted by molar-refractivity contribution is 8.13. The third-order valence-corrected chi connectivity index (χ3v) is 11.5. The number of unbranched alkanes of at least 4 members (excludes halogenated alkanes) is 20. The van der Waals surface area contributed by atoms with Crippen molar-refractivity contribution in [3.63, 3.8) is 0 Å². The number of thioether (sulfide) groups is 1. The number of rotatable bonds is 38. The van der Waals surface area contributed by atoms with E-state index in [1.807, 2.05) is 19.0 Å². The molecule has 7 heteroatoms. The van der Waals surface area contributed by atoms with E-state index in [1.54, 1.807) is 0 Å². The van der Waals surface area contributed by atoms with Crippen LogP contribution in [0.2, 0.25) is 0 Å². The Morgan fingerprint density at radius 3 is 1.27 bits per heavy atom. The van der Waals surface area contributed by atoms with E-state index < -0.39 is 6.04 Å². The molecule has 0 fully saturated rings. The lowest BCUT2D eigenvalue weighted by Gasteiger charge is -2.23. The molecule has 0 spiro atoms. The zero-order chi connectivity index (χ0) is 37.8. The van der Waals surface area contributed by atoms with Crippen molar-refractivity contribution in [2.45, 2.75) is 220 Å². The van der Waals surface area contributed by atoms with Crippen LogP contribution in [-0.2, 0) is 14.4 Å². The Kier molecular flexibility index (Phi) is 36.5. The highest BCUT2D eigenvalue weighted by Gasteiger charge is 2.26. The van der Waals surface area contributed by atoms with Crippen LogP contribution in [-0.4, -0.2) is 60.8 Å². The molecule has 3 unspecified atom stereocenters. The Morgan fingerprint density at radius 1 is 0.490 bits per heavy atom. The van der Waals surface area contributed by atoms with E-state index in [0.717, 1.165) is 57.9 Å². The van der Waals surface area contributed by atoms with Gasteiger partial charge in [0.15, 0.2) is 5.12 Å². The summed E-state index contributed by atoms with van der Waals surface area (Å²) in [5.74, 6) is 0.535. The fraction of sp³-hybridized carbons (Fsp3) is 0.932. The molecule has 0 radical (unpaired) electrons. The molecular weight excluding hydrogens is 651 g/mol. The summed E-state index contributed by atoms with van der Waals surface area (Å²) < 4.78 is 0. The first-order chi connectivity index (χ1) is 24.8. The smallest absolute Gasteiger partial charge is 0.242 e. The Labute approximate surface area is 322 Å². The number of nitrogens with zero attached hydrogens (tertiary/aromatic N) is 1. The summed E-state index contributed by atoms with van der Waals surface area (Å²) in [5.41, 5.74) is 0. The maximum Gasteiger partial charge on any atom is 0.242 e. The molecule has 0 bridgehead atoms. The predicted octanol–water partition coefficient (Wildman–Crippen LogP) is 12.0. The highest BCUT2D eigenvalue weighted by atomic mass is 32.2. The van der Waals surface area contributed by atoms with Gasteiger partial charge in [0.05, 0.1) is 0 Å². The van der Waals surface area contributed by atoms with Crippen LogP contribution in [0, 0.1) is 11.8 Å². The third-order valence-electron chi connectivity index (χ3n) is 10.5. The van der Waals surface area contributed by atoms with Crippen LogP contribution in [0.5, 0.6) is 0 Å². The zero-order valence-electron chi connectivity index (χ0n) is 34.9. The van der Waals surface area contributed by atoms with Gasteiger partial charge in [-0.15, -0.1) is 0 Å². The van der Waals surface area contributed by atoms with Gasteiger partial charge in [0.2, 0.25) is 11.8 Å². The van der Waals surface area contributed by atoms with Crippen molar-refractivity contribution >= 4 is 28.7 Å². The number of carbonyl (C=O) groups is 3. The molecule has 0 aliphatic carbocycles. The minimum atomic E-state index is -0.604. The maximum atomic E-state index is 13.9. The first-order valence-corrected chi connectivity index (χ1v) is 23.2. The average Bonchev–Trinajstić information content (AvgIpc) is 3.11. The van der Waals surface area contributed by atoms with E-state index in [1.165, 1.54) is 140 Å². The molecule has 51 heavy (non-hydrogen) atoms. The Bertz CT molecular complexity index is 808. The molecule has 0 aromatic rings. The molecule has 0 saturated heterocycles. The molecule has 0 aliphatic rings. The van der Waals surface area contributed by atoms with Gasteiger partial charge in [0, 0.05) is 30.7 Å². The van der Waals surface area contributed by atoms with Gasteiger partial charge in [0.25, 0.3) is 0 Å². The van der Waals surface area contributed by atoms with Gasteiger partial charge in [-0.1, -0.05) is 194 Å². The summed E-state index contributed by atoms with van der Waals surface area (Å²) in [6.07, 6.45) is 33.8. The van der Waals surface area contributed by atoms with Crippen LogP contribution < -0.4 is 10.6 Å². The first-order valence-electron chi connectivity index (χ1n) is 22.2. The first kappa shape index (κ1) is 49.9. The molecule has 302 valence electrons. The van der Waals surface area contributed by atoms with Crippen LogP contribution in [0.1, 0.15) is 214 Å². The summed E-state index contributed by atoms with van der Waals surface area (Å²) in [6, 6.07) is -0.604. The monoisotopic (exact) mass is 738 g/mol. The van der Waals surface area contributed by atoms with Gasteiger partial charge in [-0.2, -0.15) is 0 Å². The standard InChI is InChI=1S/C44H87N3O3S/c1-7-11-15-19-22-23-26-29-32-39(31-28-24-20-16-12-8-2)42(48)46-41(43(49)45-36-37-47(5)6)35-38-51-44(50)40(33-27-18-14-10-4)34-30-25-21-17-13-9-3/h39-41H,7-38H2,1-6H3,(H,45,49)(H,46,48). The summed E-state index contributed by atoms with van der Waals surface area (Å²) >= 11 is 1.40. The fourth-order valence-electron chi connectivity index (χ4n) is 6.95. The third kappa shape index (κ3) is 31.0. The molecule has 2 N–H and O–H groups in total. The molecule has 2 amide bonds. The second-order valence-electron chi connectivity index (χ2n) is 15.7. The Hall–Kier alpha value is -1.08. The molecule has 0 aromatic heterocycles. The van der Waals surface area contributed by atoms with Crippen molar-refractivity contribution in [3.05, 3.63) is 0 Å². The van der Waals surface area contributed by atoms with Gasteiger partial charge in [-0.25, -0.2) is 0 Å². The molecule has 0 saturated carbocycles. The van der Waals surface area contributed by atoms with Crippen LogP contribution in [0.15, 0.2) is 0 Å². The summed E-state index contributed by atoms with van der Waals surface area (Å²) in [5, 5.41) is 6.57. The lowest BCUT2D eigenvalue weighted by molar-refractivity contribution is -0.131. The molecule has 0 heterocycles. The number of amides is 2. The van der Waals surface area contributed by atoms with Crippen molar-refractivity contribution in [2.24, 2.45) is 11.8 Å². The lowest BCUT2D eigenvalue weighted by Crippen LogP contribution is -2.49. The summed E-state index contributed by atoms with van der Waals surface area (Å²) in [6.45, 7) is 10.3. The SMILES string of the molecule is CCCCCCCCCCC(CCCCCCCC)C(=O)NC(CCSC(=O)C(CCCCCC)CCCCCCCC)C(=O)NCCN(C)C. The van der Waals surface area contributed by atoms with Crippen LogP contribution in [0.4, 0.5) is 0 Å². The minimum absolute atomic E-state index is 0.0347. The molecule has 0 aliphatic heterocycles. The second-order valence-corrected chi connectivity index (χ2v) is 16.8. The van der Waals surface area contributed by atoms with Gasteiger partial charge in [-0.3, -0.25) is 14.4 Å². The second kappa shape index (κ2) is 37.2. The van der Waals surface area contributed by atoms with Crippen LogP contribution in [0.25, 0.3) is 0 Å². The van der Waals surface area contributed by atoms with Crippen LogP contribution in [0.3, 0.4) is 0 Å². The number of likely N-dealkylation sites (N-methyl/N-ethyl adjacent to an activating group) is 1. The summed E-state index contributed by atoms with van der Waals surface area (Å²) in [7, 11) is 3.99. The number of nitrogens with one attached hydrogen (secondary N) is 2. The lowest BCUT2D eigenvalue weighted by atomic mass is 9.93. The average molecular weight is 738 g/mol. The van der Waals surface area contributed by atoms with Gasteiger partial charge in [-0.05, 0) is 46.2 Å². The highest BCUT2D eigenvalue weighted by Crippen LogP contribution is 2.26. The van der Waals surface area contributed by atoms with Gasteiger partial charge >= 0.3 is 0 Å². The largest absolute Gasteiger partial charge is 0.353 e. The van der Waals surface area contributed by atoms with E-state index in [0.29, 0.717) is 18.7 Å². The van der Waals surface area contributed by atoms with Crippen molar-refractivity contribution in [3.8, 4) is 0 Å². The Morgan fingerprint density at radius 2 is 0.863 bits per heavy atom. The van der Waals surface area contributed by atoms with E-state index in [4.69, 9.17) is 0 Å². The minimum Gasteiger partial charge on any atom is -0.353 e. The zero-order valence-corrected chi connectivity index (χ0v) is 35.8. The molecular formula is C44H87N3O3S. The van der Waals surface area contributed by atoms with Crippen molar-refractivity contribution in [1.29, 1.82) is 0 Å². The Balaban J connectivity index is 5.40. The van der Waals surface area contributed by atoms with E-state index in [9.17, 15) is 14.4 Å². The van der Waals surface area contributed by atoms with E-state index in [-0.39, 0.29) is 28.8 Å².